The van der Waals surface area contributed by atoms with E-state index < -0.39 is 0 Å². The first kappa shape index (κ1) is 14.6. The van der Waals surface area contributed by atoms with E-state index in [1.165, 1.54) is 44.9 Å². The van der Waals surface area contributed by atoms with Crippen LogP contribution in [0.3, 0.4) is 0 Å². The second-order valence-electron chi connectivity index (χ2n) is 6.55. The highest BCUT2D eigenvalue weighted by Crippen LogP contribution is 2.31. The first-order chi connectivity index (χ1) is 10.2. The van der Waals surface area contributed by atoms with Crippen LogP contribution in [0.2, 0.25) is 0 Å². The second kappa shape index (κ2) is 6.60. The summed E-state index contributed by atoms with van der Waals surface area (Å²) in [5, 5.41) is 6.59. The van der Waals surface area contributed by atoms with E-state index in [-0.39, 0.29) is 5.91 Å². The number of aromatic nitrogens is 1. The lowest BCUT2D eigenvalue weighted by Crippen LogP contribution is -2.38. The molecule has 116 valence electrons. The normalized spacial score (nSPS) is 19.9. The van der Waals surface area contributed by atoms with Gasteiger partial charge in [-0.05, 0) is 38.5 Å². The third kappa shape index (κ3) is 4.30. The van der Waals surface area contributed by atoms with Crippen molar-refractivity contribution in [3.63, 3.8) is 0 Å². The molecule has 0 saturated heterocycles. The van der Waals surface area contributed by atoms with Gasteiger partial charge in [0.1, 0.15) is 0 Å². The highest BCUT2D eigenvalue weighted by Gasteiger charge is 2.32. The summed E-state index contributed by atoms with van der Waals surface area (Å²) in [7, 11) is 0. The van der Waals surface area contributed by atoms with Crippen molar-refractivity contribution in [1.29, 1.82) is 0 Å². The van der Waals surface area contributed by atoms with E-state index in [1.807, 2.05) is 6.92 Å². The van der Waals surface area contributed by atoms with Gasteiger partial charge < -0.3 is 4.52 Å². The molecule has 5 heteroatoms. The van der Waals surface area contributed by atoms with E-state index in [4.69, 9.17) is 4.52 Å². The van der Waals surface area contributed by atoms with Gasteiger partial charge >= 0.3 is 0 Å². The van der Waals surface area contributed by atoms with Crippen LogP contribution in [0.4, 0.5) is 5.88 Å². The van der Waals surface area contributed by atoms with Crippen molar-refractivity contribution in [3.8, 4) is 0 Å². The SMILES string of the molecule is Cc1cc(NC(=O)CN(CC2CCCCC2)C2CC2)on1. The molecule has 0 unspecified atom stereocenters. The molecule has 1 heterocycles. The Labute approximate surface area is 126 Å². The average Bonchev–Trinajstić information content (AvgIpc) is 3.23. The molecule has 0 aromatic carbocycles. The number of amides is 1. The number of carbonyl (C=O) groups is 1. The lowest BCUT2D eigenvalue weighted by atomic mass is 9.89. The molecule has 2 fully saturated rings. The van der Waals surface area contributed by atoms with Crippen LogP contribution < -0.4 is 5.32 Å². The van der Waals surface area contributed by atoms with E-state index >= 15 is 0 Å². The second-order valence-corrected chi connectivity index (χ2v) is 6.55. The Kier molecular flexibility index (Phi) is 4.58. The fraction of sp³-hybridized carbons (Fsp3) is 0.750. The lowest BCUT2D eigenvalue weighted by Gasteiger charge is -2.29. The van der Waals surface area contributed by atoms with Crippen molar-refractivity contribution in [2.24, 2.45) is 5.92 Å². The molecule has 0 atom stereocenters. The fourth-order valence-corrected chi connectivity index (χ4v) is 3.27. The Morgan fingerprint density at radius 1 is 1.33 bits per heavy atom. The van der Waals surface area contributed by atoms with Gasteiger partial charge in [0.2, 0.25) is 11.8 Å². The van der Waals surface area contributed by atoms with E-state index in [9.17, 15) is 4.79 Å². The topological polar surface area (TPSA) is 58.4 Å². The molecule has 21 heavy (non-hydrogen) atoms. The van der Waals surface area contributed by atoms with Crippen LogP contribution in [-0.2, 0) is 4.79 Å². The Morgan fingerprint density at radius 2 is 2.10 bits per heavy atom. The quantitative estimate of drug-likeness (QED) is 0.875. The summed E-state index contributed by atoms with van der Waals surface area (Å²) >= 11 is 0. The zero-order chi connectivity index (χ0) is 14.7. The van der Waals surface area contributed by atoms with Crippen molar-refractivity contribution in [2.75, 3.05) is 18.4 Å². The number of hydrogen-bond acceptors (Lipinski definition) is 4. The summed E-state index contributed by atoms with van der Waals surface area (Å²) in [5.41, 5.74) is 0.784. The van der Waals surface area contributed by atoms with Crippen molar-refractivity contribution >= 4 is 11.8 Å². The monoisotopic (exact) mass is 291 g/mol. The van der Waals surface area contributed by atoms with Gasteiger partial charge in [0.15, 0.2) is 0 Å². The zero-order valence-corrected chi connectivity index (χ0v) is 12.8. The minimum absolute atomic E-state index is 0.00820. The van der Waals surface area contributed by atoms with Crippen molar-refractivity contribution in [3.05, 3.63) is 11.8 Å². The van der Waals surface area contributed by atoms with Gasteiger partial charge in [-0.25, -0.2) is 0 Å². The Bertz CT molecular complexity index is 476. The Hall–Kier alpha value is -1.36. The van der Waals surface area contributed by atoms with Gasteiger partial charge in [0, 0.05) is 18.7 Å². The molecule has 1 N–H and O–H groups in total. The van der Waals surface area contributed by atoms with Crippen LogP contribution >= 0.6 is 0 Å². The van der Waals surface area contributed by atoms with E-state index in [0.29, 0.717) is 18.5 Å². The standard InChI is InChI=1S/C16H25N3O2/c1-12-9-16(21-18-12)17-15(20)11-19(14-7-8-14)10-13-5-3-2-4-6-13/h9,13-14H,2-8,10-11H2,1H3,(H,17,20). The molecule has 2 aliphatic carbocycles. The van der Waals surface area contributed by atoms with E-state index in [0.717, 1.165) is 18.2 Å². The van der Waals surface area contributed by atoms with Crippen molar-refractivity contribution < 1.29 is 9.32 Å². The van der Waals surface area contributed by atoms with Crippen LogP contribution in [0.15, 0.2) is 10.6 Å². The van der Waals surface area contributed by atoms with Gasteiger partial charge in [0.25, 0.3) is 0 Å². The molecule has 1 aromatic rings. The van der Waals surface area contributed by atoms with Crippen LogP contribution in [0.5, 0.6) is 0 Å². The molecule has 2 aliphatic rings. The first-order valence-corrected chi connectivity index (χ1v) is 8.18. The number of nitrogens with one attached hydrogen (secondary N) is 1. The summed E-state index contributed by atoms with van der Waals surface area (Å²) in [6, 6.07) is 2.37. The third-order valence-electron chi connectivity index (χ3n) is 4.52. The minimum Gasteiger partial charge on any atom is -0.338 e. The number of hydrogen-bond donors (Lipinski definition) is 1. The Balaban J connectivity index is 1.50. The third-order valence-corrected chi connectivity index (χ3v) is 4.52. The predicted octanol–water partition coefficient (Wildman–Crippen LogP) is 2.97. The number of carbonyl (C=O) groups excluding carboxylic acids is 1. The number of rotatable bonds is 6. The molecule has 1 aromatic heterocycles. The van der Waals surface area contributed by atoms with Gasteiger partial charge in [-0.15, -0.1) is 0 Å². The Morgan fingerprint density at radius 3 is 2.71 bits per heavy atom. The molecular formula is C16H25N3O2. The van der Waals surface area contributed by atoms with Crippen molar-refractivity contribution in [2.45, 2.75) is 57.9 Å². The van der Waals surface area contributed by atoms with Gasteiger partial charge in [-0.3, -0.25) is 15.0 Å². The van der Waals surface area contributed by atoms with Crippen molar-refractivity contribution in [1.82, 2.24) is 10.1 Å². The highest BCUT2D eigenvalue weighted by molar-refractivity contribution is 5.91. The summed E-state index contributed by atoms with van der Waals surface area (Å²) < 4.78 is 5.04. The molecule has 0 bridgehead atoms. The van der Waals surface area contributed by atoms with Crippen LogP contribution in [0, 0.1) is 12.8 Å². The largest absolute Gasteiger partial charge is 0.338 e. The zero-order valence-electron chi connectivity index (χ0n) is 12.8. The minimum atomic E-state index is 0.00820. The van der Waals surface area contributed by atoms with E-state index in [1.54, 1.807) is 6.07 Å². The maximum Gasteiger partial charge on any atom is 0.240 e. The van der Waals surface area contributed by atoms with Crippen LogP contribution in [0.25, 0.3) is 0 Å². The van der Waals surface area contributed by atoms with Crippen LogP contribution in [-0.4, -0.2) is 35.1 Å². The summed E-state index contributed by atoms with van der Waals surface area (Å²) in [6.45, 7) is 3.40. The van der Waals surface area contributed by atoms with Crippen LogP contribution in [0.1, 0.15) is 50.6 Å². The lowest BCUT2D eigenvalue weighted by molar-refractivity contribution is -0.117. The molecule has 0 radical (unpaired) electrons. The molecular weight excluding hydrogens is 266 g/mol. The van der Waals surface area contributed by atoms with Gasteiger partial charge in [-0.1, -0.05) is 24.4 Å². The molecule has 0 aliphatic heterocycles. The highest BCUT2D eigenvalue weighted by atomic mass is 16.5. The van der Waals surface area contributed by atoms with Gasteiger partial charge in [0.05, 0.1) is 12.2 Å². The molecule has 2 saturated carbocycles. The molecule has 3 rings (SSSR count). The molecule has 5 nitrogen and oxygen atoms in total. The predicted molar refractivity (Wildman–Crippen MR) is 81.0 cm³/mol. The van der Waals surface area contributed by atoms with E-state index in [2.05, 4.69) is 15.4 Å². The smallest absolute Gasteiger partial charge is 0.240 e. The maximum atomic E-state index is 12.2. The number of aryl methyl sites for hydroxylation is 1. The number of nitrogens with zero attached hydrogens (tertiary/aromatic N) is 2. The maximum absolute atomic E-state index is 12.2. The average molecular weight is 291 g/mol. The summed E-state index contributed by atoms with van der Waals surface area (Å²) in [6.07, 6.45) is 9.21. The summed E-state index contributed by atoms with van der Waals surface area (Å²) in [5.74, 6) is 1.24. The molecule has 0 spiro atoms. The molecule has 1 amide bonds. The fourth-order valence-electron chi connectivity index (χ4n) is 3.27. The first-order valence-electron chi connectivity index (χ1n) is 8.18. The van der Waals surface area contributed by atoms with Gasteiger partial charge in [-0.2, -0.15) is 0 Å². The summed E-state index contributed by atoms with van der Waals surface area (Å²) in [4.78, 5) is 14.5. The number of anilines is 1.